The first-order valence-electron chi connectivity index (χ1n) is 7.51. The molecule has 2 atom stereocenters. The van der Waals surface area contributed by atoms with E-state index in [1.54, 1.807) is 11.0 Å². The van der Waals surface area contributed by atoms with Crippen molar-refractivity contribution in [3.8, 4) is 0 Å². The highest BCUT2D eigenvalue weighted by atomic mass is 16.2. The van der Waals surface area contributed by atoms with E-state index in [1.165, 1.54) is 0 Å². The Morgan fingerprint density at radius 2 is 2.24 bits per heavy atom. The average molecular weight is 287 g/mol. The summed E-state index contributed by atoms with van der Waals surface area (Å²) in [6.07, 6.45) is 1.76. The third kappa shape index (κ3) is 3.93. The highest BCUT2D eigenvalue weighted by Gasteiger charge is 2.31. The molecule has 1 heterocycles. The summed E-state index contributed by atoms with van der Waals surface area (Å²) in [5, 5.41) is 3.43. The van der Waals surface area contributed by atoms with Gasteiger partial charge in [-0.25, -0.2) is 0 Å². The van der Waals surface area contributed by atoms with Gasteiger partial charge in [0.1, 0.15) is 6.04 Å². The summed E-state index contributed by atoms with van der Waals surface area (Å²) < 4.78 is 0. The van der Waals surface area contributed by atoms with Crippen molar-refractivity contribution in [1.82, 2.24) is 15.1 Å². The van der Waals surface area contributed by atoms with Gasteiger partial charge in [-0.15, -0.1) is 6.58 Å². The second-order valence-electron chi connectivity index (χ2n) is 5.67. The molecule has 2 rings (SSSR count). The maximum Gasteiger partial charge on any atom is 0.244 e. The van der Waals surface area contributed by atoms with E-state index in [9.17, 15) is 4.79 Å². The second-order valence-corrected chi connectivity index (χ2v) is 5.67. The Balaban J connectivity index is 2.26. The molecule has 4 nitrogen and oxygen atoms in total. The Morgan fingerprint density at radius 3 is 2.86 bits per heavy atom. The summed E-state index contributed by atoms with van der Waals surface area (Å²) in [6.45, 7) is 9.14. The standard InChI is InChI=1S/C17H25N3O/c1-4-11-19(3)17(21)16(15-8-6-5-7-9-15)20-12-10-18-14(2)13-20/h4-9,14,16,18H,1,10-13H2,2-3H3. The molecule has 0 aliphatic carbocycles. The third-order valence-corrected chi connectivity index (χ3v) is 3.89. The molecule has 0 radical (unpaired) electrons. The van der Waals surface area contributed by atoms with Crippen molar-refractivity contribution in [2.75, 3.05) is 33.2 Å². The summed E-state index contributed by atoms with van der Waals surface area (Å²) in [5.74, 6) is 0.134. The molecule has 4 heteroatoms. The number of rotatable bonds is 5. The minimum atomic E-state index is -0.208. The van der Waals surface area contributed by atoms with E-state index >= 15 is 0 Å². The predicted octanol–water partition coefficient (Wildman–Crippen LogP) is 1.67. The molecule has 0 bridgehead atoms. The third-order valence-electron chi connectivity index (χ3n) is 3.89. The van der Waals surface area contributed by atoms with Gasteiger partial charge in [0.05, 0.1) is 0 Å². The SMILES string of the molecule is C=CCN(C)C(=O)C(c1ccccc1)N1CCNC(C)C1. The number of likely N-dealkylation sites (N-methyl/N-ethyl adjacent to an activating group) is 1. The number of nitrogens with zero attached hydrogens (tertiary/aromatic N) is 2. The van der Waals surface area contributed by atoms with Crippen LogP contribution in [0.1, 0.15) is 18.5 Å². The van der Waals surface area contributed by atoms with Crippen molar-refractivity contribution in [2.45, 2.75) is 19.0 Å². The topological polar surface area (TPSA) is 35.6 Å². The Bertz CT molecular complexity index is 474. The summed E-state index contributed by atoms with van der Waals surface area (Å²) in [6, 6.07) is 10.2. The molecule has 1 aliphatic heterocycles. The van der Waals surface area contributed by atoms with E-state index in [2.05, 4.69) is 23.7 Å². The highest BCUT2D eigenvalue weighted by Crippen LogP contribution is 2.24. The molecule has 1 saturated heterocycles. The largest absolute Gasteiger partial charge is 0.340 e. The van der Waals surface area contributed by atoms with Gasteiger partial charge >= 0.3 is 0 Å². The summed E-state index contributed by atoms with van der Waals surface area (Å²) >= 11 is 0. The van der Waals surface area contributed by atoms with Crippen LogP contribution >= 0.6 is 0 Å². The molecule has 1 N–H and O–H groups in total. The van der Waals surface area contributed by atoms with Crippen LogP contribution in [0.3, 0.4) is 0 Å². The second kappa shape index (κ2) is 7.38. The van der Waals surface area contributed by atoms with Crippen molar-refractivity contribution < 1.29 is 4.79 Å². The number of carbonyl (C=O) groups excluding carboxylic acids is 1. The maximum absolute atomic E-state index is 12.9. The molecular weight excluding hydrogens is 262 g/mol. The van der Waals surface area contributed by atoms with Gasteiger partial charge in [-0.05, 0) is 12.5 Å². The van der Waals surface area contributed by atoms with Crippen molar-refractivity contribution in [3.63, 3.8) is 0 Å². The molecular formula is C17H25N3O. The van der Waals surface area contributed by atoms with Crippen LogP contribution in [0.5, 0.6) is 0 Å². The van der Waals surface area contributed by atoms with E-state index < -0.39 is 0 Å². The number of amides is 1. The first kappa shape index (κ1) is 15.7. The van der Waals surface area contributed by atoms with Crippen molar-refractivity contribution in [1.29, 1.82) is 0 Å². The molecule has 1 aromatic rings. The van der Waals surface area contributed by atoms with Crippen LogP contribution in [0.25, 0.3) is 0 Å². The Morgan fingerprint density at radius 1 is 1.52 bits per heavy atom. The summed E-state index contributed by atoms with van der Waals surface area (Å²) in [4.78, 5) is 16.9. The normalized spacial score (nSPS) is 20.8. The number of benzene rings is 1. The van der Waals surface area contributed by atoms with Crippen LogP contribution < -0.4 is 5.32 Å². The molecule has 0 saturated carbocycles. The average Bonchev–Trinajstić information content (AvgIpc) is 2.49. The minimum absolute atomic E-state index is 0.134. The van der Waals surface area contributed by atoms with Crippen LogP contribution in [-0.2, 0) is 4.79 Å². The minimum Gasteiger partial charge on any atom is -0.340 e. The maximum atomic E-state index is 12.9. The predicted molar refractivity (Wildman–Crippen MR) is 86.1 cm³/mol. The number of piperazine rings is 1. The lowest BCUT2D eigenvalue weighted by Gasteiger charge is -2.38. The van der Waals surface area contributed by atoms with Crippen molar-refractivity contribution in [2.24, 2.45) is 0 Å². The van der Waals surface area contributed by atoms with Crippen LogP contribution in [0.15, 0.2) is 43.0 Å². The van der Waals surface area contributed by atoms with E-state index in [-0.39, 0.29) is 11.9 Å². The molecule has 0 aromatic heterocycles. The first-order valence-corrected chi connectivity index (χ1v) is 7.51. The van der Waals surface area contributed by atoms with Gasteiger partial charge in [-0.3, -0.25) is 9.69 Å². The Labute approximate surface area is 127 Å². The monoisotopic (exact) mass is 287 g/mol. The van der Waals surface area contributed by atoms with Crippen LogP contribution in [0, 0.1) is 0 Å². The molecule has 2 unspecified atom stereocenters. The molecule has 1 aromatic carbocycles. The fourth-order valence-electron chi connectivity index (χ4n) is 2.83. The summed E-state index contributed by atoms with van der Waals surface area (Å²) in [7, 11) is 1.84. The first-order chi connectivity index (χ1) is 10.1. The van der Waals surface area contributed by atoms with Crippen LogP contribution in [0.2, 0.25) is 0 Å². The molecule has 1 amide bonds. The van der Waals surface area contributed by atoms with Crippen molar-refractivity contribution in [3.05, 3.63) is 48.6 Å². The van der Waals surface area contributed by atoms with Crippen LogP contribution in [-0.4, -0.2) is 55.0 Å². The van der Waals surface area contributed by atoms with Crippen LogP contribution in [0.4, 0.5) is 0 Å². The molecule has 114 valence electrons. The van der Waals surface area contributed by atoms with E-state index in [4.69, 9.17) is 0 Å². The fraction of sp³-hybridized carbons (Fsp3) is 0.471. The molecule has 21 heavy (non-hydrogen) atoms. The molecule has 1 fully saturated rings. The molecule has 0 spiro atoms. The lowest BCUT2D eigenvalue weighted by molar-refractivity contribution is -0.136. The Kier molecular flexibility index (Phi) is 5.53. The van der Waals surface area contributed by atoms with E-state index in [0.29, 0.717) is 12.6 Å². The van der Waals surface area contributed by atoms with Gasteiger partial charge < -0.3 is 10.2 Å². The lowest BCUT2D eigenvalue weighted by Crippen LogP contribution is -2.53. The quantitative estimate of drug-likeness (QED) is 0.837. The van der Waals surface area contributed by atoms with E-state index in [0.717, 1.165) is 25.2 Å². The zero-order chi connectivity index (χ0) is 15.2. The van der Waals surface area contributed by atoms with Crippen molar-refractivity contribution >= 4 is 5.91 Å². The number of nitrogens with one attached hydrogen (secondary N) is 1. The van der Waals surface area contributed by atoms with Gasteiger partial charge in [0.15, 0.2) is 0 Å². The van der Waals surface area contributed by atoms with Gasteiger partial charge in [0.25, 0.3) is 0 Å². The number of hydrogen-bond acceptors (Lipinski definition) is 3. The highest BCUT2D eigenvalue weighted by molar-refractivity contribution is 5.83. The number of hydrogen-bond donors (Lipinski definition) is 1. The lowest BCUT2D eigenvalue weighted by atomic mass is 10.0. The Hall–Kier alpha value is -1.65. The van der Waals surface area contributed by atoms with Gasteiger partial charge in [-0.2, -0.15) is 0 Å². The molecule has 1 aliphatic rings. The van der Waals surface area contributed by atoms with Gasteiger partial charge in [0, 0.05) is 39.3 Å². The summed E-state index contributed by atoms with van der Waals surface area (Å²) in [5.41, 5.74) is 1.06. The van der Waals surface area contributed by atoms with Gasteiger partial charge in [0.2, 0.25) is 5.91 Å². The fourth-order valence-corrected chi connectivity index (χ4v) is 2.83. The smallest absolute Gasteiger partial charge is 0.244 e. The number of carbonyl (C=O) groups is 1. The zero-order valence-corrected chi connectivity index (χ0v) is 13.0. The zero-order valence-electron chi connectivity index (χ0n) is 13.0. The van der Waals surface area contributed by atoms with Gasteiger partial charge in [-0.1, -0.05) is 36.4 Å². The van der Waals surface area contributed by atoms with E-state index in [1.807, 2.05) is 37.4 Å².